The van der Waals surface area contributed by atoms with Crippen LogP contribution in [-0.2, 0) is 11.3 Å². The molecule has 0 radical (unpaired) electrons. The fraction of sp³-hybridized carbons (Fsp3) is 0.375. The highest BCUT2D eigenvalue weighted by Crippen LogP contribution is 1.93. The Morgan fingerprint density at radius 3 is 3.08 bits per heavy atom. The molecule has 1 aromatic rings. The van der Waals surface area contributed by atoms with Crippen LogP contribution in [0.25, 0.3) is 0 Å². The van der Waals surface area contributed by atoms with Crippen LogP contribution in [0.15, 0.2) is 18.3 Å². The largest absolute Gasteiger partial charge is 0.384 e. The van der Waals surface area contributed by atoms with E-state index in [1.807, 2.05) is 12.1 Å². The van der Waals surface area contributed by atoms with Gasteiger partial charge in [-0.05, 0) is 19.1 Å². The van der Waals surface area contributed by atoms with Crippen molar-refractivity contribution in [3.8, 4) is 0 Å². The Labute approximate surface area is 70.6 Å². The van der Waals surface area contributed by atoms with Gasteiger partial charge in [-0.2, -0.15) is 0 Å². The number of aromatic nitrogens is 1. The van der Waals surface area contributed by atoms with Crippen LogP contribution in [0, 0.1) is 0 Å². The molecule has 0 aliphatic carbocycles. The normalized spacial score (nSPS) is 12.5. The minimum Gasteiger partial charge on any atom is -0.384 e. The van der Waals surface area contributed by atoms with Crippen molar-refractivity contribution < 1.29 is 9.90 Å². The molecule has 1 aromatic heterocycles. The van der Waals surface area contributed by atoms with Crippen molar-refractivity contribution in [2.24, 2.45) is 0 Å². The second kappa shape index (κ2) is 3.92. The van der Waals surface area contributed by atoms with Crippen LogP contribution in [0.5, 0.6) is 0 Å². The quantitative estimate of drug-likeness (QED) is 0.595. The average molecular weight is 168 g/mol. The number of aliphatic hydroxyl groups excluding tert-OH is 1. The lowest BCUT2D eigenvalue weighted by Gasteiger charge is -2.04. The van der Waals surface area contributed by atoms with Crippen molar-refractivity contribution in [1.82, 2.24) is 10.3 Å². The molecule has 0 aliphatic rings. The Morgan fingerprint density at radius 1 is 1.83 bits per heavy atom. The lowest BCUT2D eigenvalue weighted by Crippen LogP contribution is -2.31. The molecule has 1 amide bonds. The van der Waals surface area contributed by atoms with Crippen LogP contribution in [0.3, 0.4) is 0 Å². The van der Waals surface area contributed by atoms with Gasteiger partial charge in [-0.15, -0.1) is 0 Å². The monoisotopic (exact) mass is 168 g/mol. The van der Waals surface area contributed by atoms with E-state index in [9.17, 15) is 4.79 Å². The van der Waals surface area contributed by atoms with Crippen LogP contribution in [-0.4, -0.2) is 22.1 Å². The summed E-state index contributed by atoms with van der Waals surface area (Å²) in [6, 6.07) is 3.71. The molecule has 0 saturated carbocycles. The second-order valence-electron chi connectivity index (χ2n) is 2.59. The number of amides is 1. The second-order valence-corrected chi connectivity index (χ2v) is 2.59. The predicted molar refractivity (Wildman–Crippen MR) is 44.3 cm³/mol. The molecule has 0 aromatic carbocycles. The fourth-order valence-electron chi connectivity index (χ4n) is 0.808. The summed E-state index contributed by atoms with van der Waals surface area (Å²) in [7, 11) is 0. The molecular formula is C8H12N2O2. The molecule has 0 fully saturated rings. The molecular weight excluding hydrogens is 156 g/mol. The minimum absolute atomic E-state index is 0.357. The highest BCUT2D eigenvalue weighted by atomic mass is 16.3. The molecule has 0 bridgehead atoms. The van der Waals surface area contributed by atoms with Gasteiger partial charge in [-0.3, -0.25) is 4.79 Å². The van der Waals surface area contributed by atoms with Gasteiger partial charge in [-0.1, -0.05) is 0 Å². The van der Waals surface area contributed by atoms with E-state index in [-0.39, 0.29) is 5.91 Å². The first kappa shape index (κ1) is 8.80. The number of nitrogens with one attached hydrogen (secondary N) is 2. The number of carbonyl (C=O) groups is 1. The van der Waals surface area contributed by atoms with Crippen molar-refractivity contribution in [3.63, 3.8) is 0 Å². The van der Waals surface area contributed by atoms with Gasteiger partial charge in [-0.25, -0.2) is 0 Å². The van der Waals surface area contributed by atoms with Gasteiger partial charge in [0.1, 0.15) is 6.10 Å². The predicted octanol–water partition coefficient (Wildman–Crippen LogP) is 0.0117. The van der Waals surface area contributed by atoms with Gasteiger partial charge in [0.25, 0.3) is 0 Å². The molecule has 1 rings (SSSR count). The van der Waals surface area contributed by atoms with E-state index >= 15 is 0 Å². The van der Waals surface area contributed by atoms with E-state index in [0.717, 1.165) is 5.69 Å². The Bertz CT molecular complexity index is 242. The van der Waals surface area contributed by atoms with E-state index in [0.29, 0.717) is 6.54 Å². The van der Waals surface area contributed by atoms with Crippen LogP contribution in [0.2, 0.25) is 0 Å². The molecule has 0 spiro atoms. The maximum Gasteiger partial charge on any atom is 0.248 e. The summed E-state index contributed by atoms with van der Waals surface area (Å²) in [6.45, 7) is 1.86. The van der Waals surface area contributed by atoms with Gasteiger partial charge in [0.05, 0.1) is 6.54 Å². The van der Waals surface area contributed by atoms with Crippen molar-refractivity contribution in [3.05, 3.63) is 24.0 Å². The van der Waals surface area contributed by atoms with Crippen LogP contribution in [0.1, 0.15) is 12.6 Å². The molecule has 4 nitrogen and oxygen atoms in total. The number of aliphatic hydroxyl groups is 1. The van der Waals surface area contributed by atoms with E-state index in [1.165, 1.54) is 6.92 Å². The van der Waals surface area contributed by atoms with Crippen LogP contribution >= 0.6 is 0 Å². The minimum atomic E-state index is -0.944. The van der Waals surface area contributed by atoms with E-state index < -0.39 is 6.10 Å². The summed E-state index contributed by atoms with van der Waals surface area (Å²) in [5, 5.41) is 11.4. The molecule has 1 unspecified atom stereocenters. The first-order valence-electron chi connectivity index (χ1n) is 3.78. The fourth-order valence-corrected chi connectivity index (χ4v) is 0.808. The third-order valence-corrected chi connectivity index (χ3v) is 1.49. The Balaban J connectivity index is 2.32. The van der Waals surface area contributed by atoms with Crippen LogP contribution in [0.4, 0.5) is 0 Å². The van der Waals surface area contributed by atoms with Crippen molar-refractivity contribution >= 4 is 5.91 Å². The third-order valence-electron chi connectivity index (χ3n) is 1.49. The molecule has 12 heavy (non-hydrogen) atoms. The van der Waals surface area contributed by atoms with E-state index in [2.05, 4.69) is 10.3 Å². The summed E-state index contributed by atoms with van der Waals surface area (Å²) in [4.78, 5) is 13.8. The number of hydrogen-bond acceptors (Lipinski definition) is 2. The van der Waals surface area contributed by atoms with Gasteiger partial charge in [0.2, 0.25) is 5.91 Å². The molecule has 3 N–H and O–H groups in total. The number of H-pyrrole nitrogens is 1. The van der Waals surface area contributed by atoms with Crippen molar-refractivity contribution in [2.75, 3.05) is 0 Å². The summed E-state index contributed by atoms with van der Waals surface area (Å²) < 4.78 is 0. The van der Waals surface area contributed by atoms with E-state index in [4.69, 9.17) is 5.11 Å². The zero-order chi connectivity index (χ0) is 8.97. The SMILES string of the molecule is CC(O)C(=O)NCc1ccc[nH]1. The Morgan fingerprint density at radius 2 is 2.58 bits per heavy atom. The number of rotatable bonds is 3. The maximum absolute atomic E-state index is 10.9. The van der Waals surface area contributed by atoms with Crippen molar-refractivity contribution in [1.29, 1.82) is 0 Å². The Kier molecular flexibility index (Phi) is 2.88. The lowest BCUT2D eigenvalue weighted by molar-refractivity contribution is -0.128. The highest BCUT2D eigenvalue weighted by molar-refractivity contribution is 5.79. The molecule has 4 heteroatoms. The number of carbonyl (C=O) groups excluding carboxylic acids is 1. The van der Waals surface area contributed by atoms with Crippen LogP contribution < -0.4 is 5.32 Å². The standard InChI is InChI=1S/C8H12N2O2/c1-6(11)8(12)10-5-7-3-2-4-9-7/h2-4,6,9,11H,5H2,1H3,(H,10,12). The smallest absolute Gasteiger partial charge is 0.248 e. The highest BCUT2D eigenvalue weighted by Gasteiger charge is 2.06. The van der Waals surface area contributed by atoms with Gasteiger partial charge >= 0.3 is 0 Å². The molecule has 0 saturated heterocycles. The average Bonchev–Trinajstić information content (AvgIpc) is 2.51. The number of aromatic amines is 1. The molecule has 0 aliphatic heterocycles. The number of hydrogen-bond donors (Lipinski definition) is 3. The molecule has 1 heterocycles. The summed E-state index contributed by atoms with van der Waals surface area (Å²) in [6.07, 6.45) is 0.837. The van der Waals surface area contributed by atoms with Gasteiger partial charge < -0.3 is 15.4 Å². The zero-order valence-corrected chi connectivity index (χ0v) is 6.87. The summed E-state index contributed by atoms with van der Waals surface area (Å²) >= 11 is 0. The summed E-state index contributed by atoms with van der Waals surface area (Å²) in [5.74, 6) is -0.357. The topological polar surface area (TPSA) is 65.1 Å². The zero-order valence-electron chi connectivity index (χ0n) is 6.87. The third kappa shape index (κ3) is 2.39. The Hall–Kier alpha value is -1.29. The lowest BCUT2D eigenvalue weighted by atomic mass is 10.3. The first-order valence-corrected chi connectivity index (χ1v) is 3.78. The maximum atomic E-state index is 10.9. The summed E-state index contributed by atoms with van der Waals surface area (Å²) in [5.41, 5.74) is 0.920. The molecule has 66 valence electrons. The van der Waals surface area contributed by atoms with Gasteiger partial charge in [0.15, 0.2) is 0 Å². The van der Waals surface area contributed by atoms with Crippen molar-refractivity contribution in [2.45, 2.75) is 19.6 Å². The van der Waals surface area contributed by atoms with E-state index in [1.54, 1.807) is 6.20 Å². The first-order chi connectivity index (χ1) is 5.70. The van der Waals surface area contributed by atoms with Gasteiger partial charge in [0, 0.05) is 11.9 Å². The molecule has 1 atom stereocenters.